The summed E-state index contributed by atoms with van der Waals surface area (Å²) in [7, 11) is 1.73. The molecular formula is C19H18N4O2. The van der Waals surface area contributed by atoms with E-state index in [1.54, 1.807) is 30.2 Å². The van der Waals surface area contributed by atoms with Crippen LogP contribution < -0.4 is 5.56 Å². The molecule has 0 atom stereocenters. The number of carbonyl (C=O) groups excluding carboxylic acids is 1. The zero-order valence-electron chi connectivity index (χ0n) is 13.9. The maximum absolute atomic E-state index is 12.8. The molecule has 1 amide bonds. The summed E-state index contributed by atoms with van der Waals surface area (Å²) in [5, 5.41) is 0. The molecule has 0 saturated heterocycles. The lowest BCUT2D eigenvalue weighted by Crippen LogP contribution is -2.37. The fourth-order valence-electron chi connectivity index (χ4n) is 3.18. The van der Waals surface area contributed by atoms with Crippen molar-refractivity contribution in [2.45, 2.75) is 13.0 Å². The Kier molecular flexibility index (Phi) is 3.72. The van der Waals surface area contributed by atoms with Gasteiger partial charge in [-0.1, -0.05) is 0 Å². The standard InChI is InChI=1S/C19H18N4O2/c1-21-11-16-12-22(8-6-15(16)10-18(21)24)19(25)14-2-4-17(5-3-14)23-9-7-20-13-23/h2-5,7,9-11,13H,6,8,12H2,1H3. The zero-order chi connectivity index (χ0) is 17.4. The van der Waals surface area contributed by atoms with Crippen LogP contribution in [0.25, 0.3) is 5.69 Å². The third-order valence-electron chi connectivity index (χ3n) is 4.62. The van der Waals surface area contributed by atoms with Crippen LogP contribution in [0.2, 0.25) is 0 Å². The summed E-state index contributed by atoms with van der Waals surface area (Å²) in [5.41, 5.74) is 3.71. The second kappa shape index (κ2) is 6.05. The number of benzene rings is 1. The number of hydrogen-bond donors (Lipinski definition) is 0. The maximum Gasteiger partial charge on any atom is 0.254 e. The first-order chi connectivity index (χ1) is 12.1. The van der Waals surface area contributed by atoms with E-state index in [1.165, 1.54) is 0 Å². The number of rotatable bonds is 2. The molecule has 4 rings (SSSR count). The molecule has 126 valence electrons. The van der Waals surface area contributed by atoms with Crippen LogP contribution in [-0.4, -0.2) is 31.5 Å². The number of fused-ring (bicyclic) bond motifs is 1. The normalized spacial score (nSPS) is 13.6. The van der Waals surface area contributed by atoms with E-state index in [0.717, 1.165) is 16.8 Å². The van der Waals surface area contributed by atoms with Gasteiger partial charge in [-0.2, -0.15) is 0 Å². The minimum atomic E-state index is -0.00591. The van der Waals surface area contributed by atoms with Gasteiger partial charge in [0.25, 0.3) is 11.5 Å². The number of imidazole rings is 1. The monoisotopic (exact) mass is 334 g/mol. The Morgan fingerprint density at radius 2 is 1.96 bits per heavy atom. The fourth-order valence-corrected chi connectivity index (χ4v) is 3.18. The zero-order valence-corrected chi connectivity index (χ0v) is 13.9. The molecule has 0 N–H and O–H groups in total. The van der Waals surface area contributed by atoms with Crippen LogP contribution in [0, 0.1) is 0 Å². The van der Waals surface area contributed by atoms with Gasteiger partial charge >= 0.3 is 0 Å². The predicted molar refractivity (Wildman–Crippen MR) is 93.7 cm³/mol. The van der Waals surface area contributed by atoms with Crippen molar-refractivity contribution in [3.8, 4) is 5.69 Å². The Morgan fingerprint density at radius 3 is 2.68 bits per heavy atom. The number of aryl methyl sites for hydroxylation is 1. The highest BCUT2D eigenvalue weighted by Crippen LogP contribution is 2.19. The molecule has 3 heterocycles. The van der Waals surface area contributed by atoms with Crippen LogP contribution in [0.4, 0.5) is 0 Å². The van der Waals surface area contributed by atoms with Gasteiger partial charge in [0.2, 0.25) is 0 Å². The van der Waals surface area contributed by atoms with Gasteiger partial charge in [0.05, 0.1) is 6.33 Å². The average Bonchev–Trinajstić information content (AvgIpc) is 3.16. The molecule has 3 aromatic rings. The largest absolute Gasteiger partial charge is 0.334 e. The molecule has 1 aliphatic rings. The van der Waals surface area contributed by atoms with Gasteiger partial charge in [-0.05, 0) is 41.8 Å². The third-order valence-corrected chi connectivity index (χ3v) is 4.62. The van der Waals surface area contributed by atoms with Crippen molar-refractivity contribution in [2.24, 2.45) is 7.05 Å². The van der Waals surface area contributed by atoms with E-state index in [2.05, 4.69) is 4.98 Å². The van der Waals surface area contributed by atoms with Crippen LogP contribution >= 0.6 is 0 Å². The van der Waals surface area contributed by atoms with E-state index in [1.807, 2.05) is 46.1 Å². The number of carbonyl (C=O) groups is 1. The van der Waals surface area contributed by atoms with E-state index in [0.29, 0.717) is 25.1 Å². The van der Waals surface area contributed by atoms with Crippen LogP contribution in [0.15, 0.2) is 60.0 Å². The van der Waals surface area contributed by atoms with E-state index in [4.69, 9.17) is 0 Å². The summed E-state index contributed by atoms with van der Waals surface area (Å²) < 4.78 is 3.46. The highest BCUT2D eigenvalue weighted by atomic mass is 16.2. The maximum atomic E-state index is 12.8. The van der Waals surface area contributed by atoms with Crippen molar-refractivity contribution >= 4 is 5.91 Å². The van der Waals surface area contributed by atoms with Gasteiger partial charge in [-0.15, -0.1) is 0 Å². The molecule has 1 aromatic carbocycles. The van der Waals surface area contributed by atoms with E-state index >= 15 is 0 Å². The molecule has 0 fully saturated rings. The molecule has 2 aromatic heterocycles. The van der Waals surface area contributed by atoms with Gasteiger partial charge in [-0.3, -0.25) is 9.59 Å². The molecule has 1 aliphatic heterocycles. The van der Waals surface area contributed by atoms with Crippen LogP contribution in [0.3, 0.4) is 0 Å². The molecule has 0 unspecified atom stereocenters. The van der Waals surface area contributed by atoms with Crippen LogP contribution in [0.5, 0.6) is 0 Å². The lowest BCUT2D eigenvalue weighted by atomic mass is 10.0. The highest BCUT2D eigenvalue weighted by molar-refractivity contribution is 5.94. The van der Waals surface area contributed by atoms with E-state index < -0.39 is 0 Å². The first kappa shape index (κ1) is 15.4. The van der Waals surface area contributed by atoms with Crippen molar-refractivity contribution in [1.29, 1.82) is 0 Å². The van der Waals surface area contributed by atoms with Gasteiger partial charge in [0, 0.05) is 56.0 Å². The minimum Gasteiger partial charge on any atom is -0.334 e. The average molecular weight is 334 g/mol. The molecular weight excluding hydrogens is 316 g/mol. The molecule has 0 spiro atoms. The van der Waals surface area contributed by atoms with Crippen molar-refractivity contribution in [2.75, 3.05) is 6.54 Å². The molecule has 25 heavy (non-hydrogen) atoms. The van der Waals surface area contributed by atoms with Gasteiger partial charge < -0.3 is 14.0 Å². The van der Waals surface area contributed by atoms with E-state index in [-0.39, 0.29) is 11.5 Å². The fraction of sp³-hybridized carbons (Fsp3) is 0.211. The molecule has 6 heteroatoms. The summed E-state index contributed by atoms with van der Waals surface area (Å²) >= 11 is 0. The number of hydrogen-bond acceptors (Lipinski definition) is 3. The summed E-state index contributed by atoms with van der Waals surface area (Å²) in [4.78, 5) is 30.4. The number of nitrogens with zero attached hydrogens (tertiary/aromatic N) is 4. The summed E-state index contributed by atoms with van der Waals surface area (Å²) in [6, 6.07) is 9.19. The van der Waals surface area contributed by atoms with Crippen molar-refractivity contribution < 1.29 is 4.79 Å². The SMILES string of the molecule is Cn1cc2c(cc1=O)CCN(C(=O)c1ccc(-n3ccnc3)cc1)C2. The summed E-state index contributed by atoms with van der Waals surface area (Å²) in [5.74, 6) is 0.0108. The van der Waals surface area contributed by atoms with E-state index in [9.17, 15) is 9.59 Å². The van der Waals surface area contributed by atoms with Gasteiger partial charge in [0.1, 0.15) is 0 Å². The summed E-state index contributed by atoms with van der Waals surface area (Å²) in [6.45, 7) is 1.16. The molecule has 0 aliphatic carbocycles. The van der Waals surface area contributed by atoms with Crippen molar-refractivity contribution in [3.05, 3.63) is 82.3 Å². The number of aromatic nitrogens is 3. The molecule has 6 nitrogen and oxygen atoms in total. The molecule has 0 bridgehead atoms. The first-order valence-electron chi connectivity index (χ1n) is 8.18. The Labute approximate surface area is 145 Å². The Bertz CT molecular complexity index is 972. The second-order valence-electron chi connectivity index (χ2n) is 6.27. The lowest BCUT2D eigenvalue weighted by molar-refractivity contribution is 0.0734. The third kappa shape index (κ3) is 2.87. The second-order valence-corrected chi connectivity index (χ2v) is 6.27. The lowest BCUT2D eigenvalue weighted by Gasteiger charge is -2.29. The first-order valence-corrected chi connectivity index (χ1v) is 8.18. The van der Waals surface area contributed by atoms with Gasteiger partial charge in [-0.25, -0.2) is 4.98 Å². The quantitative estimate of drug-likeness (QED) is 0.718. The number of pyridine rings is 1. The van der Waals surface area contributed by atoms with Crippen molar-refractivity contribution in [3.63, 3.8) is 0 Å². The highest BCUT2D eigenvalue weighted by Gasteiger charge is 2.22. The molecule has 0 radical (unpaired) electrons. The van der Waals surface area contributed by atoms with Crippen molar-refractivity contribution in [1.82, 2.24) is 19.0 Å². The Hall–Kier alpha value is -3.15. The van der Waals surface area contributed by atoms with Crippen LogP contribution in [0.1, 0.15) is 21.5 Å². The van der Waals surface area contributed by atoms with Gasteiger partial charge in [0.15, 0.2) is 0 Å². The summed E-state index contributed by atoms with van der Waals surface area (Å²) in [6.07, 6.45) is 7.85. The van der Waals surface area contributed by atoms with Crippen LogP contribution in [-0.2, 0) is 20.0 Å². The smallest absolute Gasteiger partial charge is 0.254 e. The topological polar surface area (TPSA) is 60.1 Å². The Balaban J connectivity index is 1.55. The Morgan fingerprint density at radius 1 is 1.16 bits per heavy atom. The minimum absolute atomic E-state index is 0.00591. The number of amides is 1. The predicted octanol–water partition coefficient (Wildman–Crippen LogP) is 1.77. The molecule has 0 saturated carbocycles.